The molecule has 0 saturated carbocycles. The van der Waals surface area contributed by atoms with E-state index in [4.69, 9.17) is 9.47 Å². The third kappa shape index (κ3) is 46.0. The van der Waals surface area contributed by atoms with Gasteiger partial charge in [0, 0.05) is 12.8 Å². The van der Waals surface area contributed by atoms with E-state index in [-0.39, 0.29) is 25.2 Å². The Morgan fingerprint density at radius 3 is 1.16 bits per heavy atom. The van der Waals surface area contributed by atoms with Gasteiger partial charge in [-0.25, -0.2) is 0 Å². The lowest BCUT2D eigenvalue weighted by Crippen LogP contribution is -2.28. The molecule has 0 radical (unpaired) electrons. The number of allylic oxidation sites excluding steroid dienone is 12. The first-order chi connectivity index (χ1) is 28.6. The maximum atomic E-state index is 12.2. The zero-order valence-corrected chi connectivity index (χ0v) is 38.0. The summed E-state index contributed by atoms with van der Waals surface area (Å²) in [5, 5.41) is 9.59. The number of unbranched alkanes of at least 4 members (excludes halogenated alkanes) is 24. The molecule has 58 heavy (non-hydrogen) atoms. The quantitative estimate of drug-likeness (QED) is 0.0377. The summed E-state index contributed by atoms with van der Waals surface area (Å²) in [7, 11) is 0. The Morgan fingerprint density at radius 1 is 0.414 bits per heavy atom. The fourth-order valence-corrected chi connectivity index (χ4v) is 6.81. The molecule has 0 aromatic carbocycles. The van der Waals surface area contributed by atoms with Crippen LogP contribution in [-0.4, -0.2) is 36.4 Å². The average molecular weight is 809 g/mol. The highest BCUT2D eigenvalue weighted by atomic mass is 16.6. The lowest BCUT2D eigenvalue weighted by molar-refractivity contribution is -0.161. The van der Waals surface area contributed by atoms with Gasteiger partial charge in [-0.05, 0) is 83.5 Å². The number of carbonyl (C=O) groups excluding carboxylic acids is 2. The van der Waals surface area contributed by atoms with Crippen LogP contribution >= 0.6 is 0 Å². The molecule has 1 N–H and O–H groups in total. The van der Waals surface area contributed by atoms with Crippen LogP contribution in [0.3, 0.4) is 0 Å². The molecule has 0 fully saturated rings. The molecular weight excluding hydrogens is 717 g/mol. The van der Waals surface area contributed by atoms with Gasteiger partial charge in [0.25, 0.3) is 0 Å². The first-order valence-corrected chi connectivity index (χ1v) is 24.5. The van der Waals surface area contributed by atoms with Crippen LogP contribution in [0.1, 0.15) is 232 Å². The van der Waals surface area contributed by atoms with Crippen LogP contribution in [0.15, 0.2) is 72.9 Å². The van der Waals surface area contributed by atoms with Gasteiger partial charge >= 0.3 is 11.9 Å². The van der Waals surface area contributed by atoms with Crippen molar-refractivity contribution in [3.63, 3.8) is 0 Å². The number of esters is 2. The van der Waals surface area contributed by atoms with Gasteiger partial charge in [-0.2, -0.15) is 0 Å². The zero-order chi connectivity index (χ0) is 42.1. The van der Waals surface area contributed by atoms with Gasteiger partial charge < -0.3 is 14.6 Å². The minimum Gasteiger partial charge on any atom is -0.462 e. The summed E-state index contributed by atoms with van der Waals surface area (Å²) in [4.78, 5) is 24.4. The zero-order valence-electron chi connectivity index (χ0n) is 38.0. The summed E-state index contributed by atoms with van der Waals surface area (Å²) in [5.74, 6) is -0.637. The Hall–Kier alpha value is -2.66. The lowest BCUT2D eigenvalue weighted by Gasteiger charge is -2.15. The number of aliphatic hydroxyl groups is 1. The summed E-state index contributed by atoms with van der Waals surface area (Å²) >= 11 is 0. The molecule has 334 valence electrons. The summed E-state index contributed by atoms with van der Waals surface area (Å²) in [5.41, 5.74) is 0. The van der Waals surface area contributed by atoms with Crippen LogP contribution in [-0.2, 0) is 19.1 Å². The molecule has 0 amide bonds. The first kappa shape index (κ1) is 55.3. The third-order valence-corrected chi connectivity index (χ3v) is 10.5. The molecule has 5 nitrogen and oxygen atoms in total. The van der Waals surface area contributed by atoms with Gasteiger partial charge in [0.05, 0.1) is 6.61 Å². The van der Waals surface area contributed by atoms with Crippen molar-refractivity contribution in [3.05, 3.63) is 72.9 Å². The maximum Gasteiger partial charge on any atom is 0.306 e. The van der Waals surface area contributed by atoms with Gasteiger partial charge in [0.15, 0.2) is 6.10 Å². The molecule has 5 heteroatoms. The van der Waals surface area contributed by atoms with E-state index in [0.29, 0.717) is 12.8 Å². The highest BCUT2D eigenvalue weighted by molar-refractivity contribution is 5.70. The summed E-state index contributed by atoms with van der Waals surface area (Å²) < 4.78 is 10.6. The van der Waals surface area contributed by atoms with Crippen LogP contribution < -0.4 is 0 Å². The SMILES string of the molecule is CC/C=C\C/C=C\C/C=C\C/C=C\CCCCC(=O)OC(CO)COC(=O)CCCCCCCCCCCCCCCCCCC/C=C\C/C=C\CCCCCCC. The largest absolute Gasteiger partial charge is 0.462 e. The van der Waals surface area contributed by atoms with Gasteiger partial charge in [0.1, 0.15) is 6.61 Å². The molecule has 0 saturated heterocycles. The van der Waals surface area contributed by atoms with Gasteiger partial charge in [0.2, 0.25) is 0 Å². The molecule has 0 aliphatic rings. The molecule has 1 unspecified atom stereocenters. The highest BCUT2D eigenvalue weighted by Gasteiger charge is 2.16. The molecule has 0 aromatic heterocycles. The second-order valence-electron chi connectivity index (χ2n) is 16.2. The molecular formula is C53H92O5. The first-order valence-electron chi connectivity index (χ1n) is 24.5. The second-order valence-corrected chi connectivity index (χ2v) is 16.2. The van der Waals surface area contributed by atoms with Crippen LogP contribution in [0, 0.1) is 0 Å². The predicted molar refractivity (Wildman–Crippen MR) is 251 cm³/mol. The molecule has 0 spiro atoms. The molecule has 0 heterocycles. The highest BCUT2D eigenvalue weighted by Crippen LogP contribution is 2.15. The van der Waals surface area contributed by atoms with Crippen LogP contribution in [0.5, 0.6) is 0 Å². The summed E-state index contributed by atoms with van der Waals surface area (Å²) in [6.45, 7) is 3.99. The van der Waals surface area contributed by atoms with Crippen molar-refractivity contribution in [2.75, 3.05) is 13.2 Å². The average Bonchev–Trinajstić information content (AvgIpc) is 3.23. The fraction of sp³-hybridized carbons (Fsp3) is 0.736. The molecule has 0 aromatic rings. The molecule has 0 aliphatic carbocycles. The topological polar surface area (TPSA) is 72.8 Å². The predicted octanol–water partition coefficient (Wildman–Crippen LogP) is 16.1. The third-order valence-electron chi connectivity index (χ3n) is 10.5. The van der Waals surface area contributed by atoms with Crippen molar-refractivity contribution in [2.24, 2.45) is 0 Å². The van der Waals surface area contributed by atoms with Crippen molar-refractivity contribution in [1.29, 1.82) is 0 Å². The van der Waals surface area contributed by atoms with Crippen LogP contribution in [0.4, 0.5) is 0 Å². The van der Waals surface area contributed by atoms with E-state index >= 15 is 0 Å². The van der Waals surface area contributed by atoms with E-state index in [9.17, 15) is 14.7 Å². The molecule has 0 rings (SSSR count). The van der Waals surface area contributed by atoms with Gasteiger partial charge in [-0.3, -0.25) is 9.59 Å². The van der Waals surface area contributed by atoms with E-state index in [2.05, 4.69) is 86.8 Å². The van der Waals surface area contributed by atoms with Crippen molar-refractivity contribution < 1.29 is 24.2 Å². The second kappa shape index (κ2) is 48.7. The number of rotatable bonds is 44. The minimum absolute atomic E-state index is 0.0840. The Balaban J connectivity index is 3.50. The van der Waals surface area contributed by atoms with E-state index in [0.717, 1.165) is 70.6 Å². The Labute approximate surface area is 359 Å². The number of ether oxygens (including phenoxy) is 2. The number of aliphatic hydroxyl groups excluding tert-OH is 1. The Kier molecular flexibility index (Phi) is 46.5. The van der Waals surface area contributed by atoms with E-state index < -0.39 is 6.10 Å². The van der Waals surface area contributed by atoms with E-state index in [1.807, 2.05) is 0 Å². The van der Waals surface area contributed by atoms with Crippen molar-refractivity contribution in [1.82, 2.24) is 0 Å². The Bertz CT molecular complexity index is 1050. The van der Waals surface area contributed by atoms with Crippen molar-refractivity contribution >= 4 is 11.9 Å². The fourth-order valence-electron chi connectivity index (χ4n) is 6.81. The van der Waals surface area contributed by atoms with Crippen LogP contribution in [0.25, 0.3) is 0 Å². The Morgan fingerprint density at radius 2 is 0.741 bits per heavy atom. The van der Waals surface area contributed by atoms with E-state index in [1.165, 1.54) is 135 Å². The monoisotopic (exact) mass is 809 g/mol. The molecule has 0 aliphatic heterocycles. The van der Waals surface area contributed by atoms with Crippen LogP contribution in [0.2, 0.25) is 0 Å². The number of hydrogen-bond acceptors (Lipinski definition) is 5. The maximum absolute atomic E-state index is 12.2. The summed E-state index contributed by atoms with van der Waals surface area (Å²) in [6, 6.07) is 0. The smallest absolute Gasteiger partial charge is 0.306 e. The van der Waals surface area contributed by atoms with E-state index in [1.54, 1.807) is 0 Å². The standard InChI is InChI=1S/C53H92O5/c1-3-5-7-9-11-13-15-17-19-20-21-22-23-24-25-26-27-28-29-30-31-32-34-35-37-39-41-43-45-47-52(55)57-50-51(49-54)58-53(56)48-46-44-42-40-38-36-33-18-16-14-12-10-8-6-4-2/h6,8,12,14-15,17-18,20-21,33,38,40,51,54H,3-5,7,9-11,13,16,19,22-32,34-37,39,41-50H2,1-2H3/b8-6-,14-12-,17-15-,21-20-,33-18-,40-38-. The molecule has 0 bridgehead atoms. The normalized spacial score (nSPS) is 12.8. The summed E-state index contributed by atoms with van der Waals surface area (Å²) in [6.07, 6.45) is 65.8. The van der Waals surface area contributed by atoms with Gasteiger partial charge in [-0.15, -0.1) is 0 Å². The number of carbonyl (C=O) groups is 2. The lowest BCUT2D eigenvalue weighted by atomic mass is 10.0. The molecule has 1 atom stereocenters. The van der Waals surface area contributed by atoms with Crippen molar-refractivity contribution in [2.45, 2.75) is 238 Å². The number of hydrogen-bond donors (Lipinski definition) is 1. The van der Waals surface area contributed by atoms with Gasteiger partial charge in [-0.1, -0.05) is 209 Å². The van der Waals surface area contributed by atoms with Crippen molar-refractivity contribution in [3.8, 4) is 0 Å². The minimum atomic E-state index is -0.795.